The van der Waals surface area contributed by atoms with E-state index in [-0.39, 0.29) is 21.4 Å². The molecule has 1 heterocycles. The van der Waals surface area contributed by atoms with Gasteiger partial charge >= 0.3 is 0 Å². The molecule has 0 unspecified atom stereocenters. The minimum absolute atomic E-state index is 0.0366. The molecule has 0 spiro atoms. The van der Waals surface area contributed by atoms with Gasteiger partial charge in [-0.1, -0.05) is 23.7 Å². The van der Waals surface area contributed by atoms with Gasteiger partial charge in [-0.3, -0.25) is 4.31 Å². The molecule has 0 atom stereocenters. The Bertz CT molecular complexity index is 1030. The number of benzene rings is 2. The van der Waals surface area contributed by atoms with Crippen molar-refractivity contribution in [3.8, 4) is 0 Å². The van der Waals surface area contributed by atoms with Crippen molar-refractivity contribution in [2.24, 2.45) is 0 Å². The minimum atomic E-state index is -3.81. The van der Waals surface area contributed by atoms with Crippen LogP contribution in [0.4, 0.5) is 5.69 Å². The molecule has 0 fully saturated rings. The number of fused-ring (bicyclic) bond motifs is 1. The summed E-state index contributed by atoms with van der Waals surface area (Å²) < 4.78 is 52.8. The third kappa shape index (κ3) is 3.03. The highest BCUT2D eigenvalue weighted by molar-refractivity contribution is 7.93. The molecule has 1 aliphatic heterocycles. The lowest BCUT2D eigenvalue weighted by Crippen LogP contribution is -2.29. The Morgan fingerprint density at radius 1 is 1.04 bits per heavy atom. The lowest BCUT2D eigenvalue weighted by atomic mass is 10.2. The van der Waals surface area contributed by atoms with Crippen LogP contribution in [0.3, 0.4) is 0 Å². The molecule has 25 heavy (non-hydrogen) atoms. The number of anilines is 1. The summed E-state index contributed by atoms with van der Waals surface area (Å²) in [5.41, 5.74) is 1.16. The molecule has 0 aliphatic carbocycles. The number of hydrogen-bond acceptors (Lipinski definition) is 4. The van der Waals surface area contributed by atoms with Gasteiger partial charge in [0.25, 0.3) is 10.0 Å². The summed E-state index contributed by atoms with van der Waals surface area (Å²) in [5, 5.41) is 0.155. The van der Waals surface area contributed by atoms with Crippen LogP contribution in [0.5, 0.6) is 0 Å². The summed E-state index contributed by atoms with van der Waals surface area (Å²) >= 11 is 6.04. The molecule has 2 aromatic carbocycles. The van der Waals surface area contributed by atoms with Crippen LogP contribution in [0.2, 0.25) is 5.02 Å². The maximum absolute atomic E-state index is 12.9. The molecule has 3 rings (SSSR count). The molecule has 0 N–H and O–H groups in total. The SMILES string of the molecule is CN(C)S(=O)(=O)c1ccc2c(c1)CCN2S(=O)(=O)c1ccccc1Cl. The van der Waals surface area contributed by atoms with E-state index in [2.05, 4.69) is 0 Å². The lowest BCUT2D eigenvalue weighted by molar-refractivity contribution is 0.520. The zero-order valence-corrected chi connectivity index (χ0v) is 16.1. The van der Waals surface area contributed by atoms with Gasteiger partial charge in [0.15, 0.2) is 0 Å². The highest BCUT2D eigenvalue weighted by atomic mass is 35.5. The first-order chi connectivity index (χ1) is 11.7. The molecule has 2 aromatic rings. The van der Waals surface area contributed by atoms with Gasteiger partial charge in [-0.2, -0.15) is 0 Å². The fourth-order valence-corrected chi connectivity index (χ4v) is 5.69. The van der Waals surface area contributed by atoms with Crippen molar-refractivity contribution in [3.63, 3.8) is 0 Å². The lowest BCUT2D eigenvalue weighted by Gasteiger charge is -2.20. The van der Waals surface area contributed by atoms with E-state index in [1.54, 1.807) is 12.1 Å². The Balaban J connectivity index is 2.05. The molecule has 6 nitrogen and oxygen atoms in total. The molecule has 0 radical (unpaired) electrons. The Hall–Kier alpha value is -1.61. The second-order valence-corrected chi connectivity index (χ2v) is 10.2. The molecule has 0 amide bonds. The van der Waals surface area contributed by atoms with Crippen LogP contribution < -0.4 is 4.31 Å². The fourth-order valence-electron chi connectivity index (χ4n) is 2.74. The fraction of sp³-hybridized carbons (Fsp3) is 0.250. The largest absolute Gasteiger partial charge is 0.266 e. The molecular weight excluding hydrogens is 384 g/mol. The minimum Gasteiger partial charge on any atom is -0.266 e. The van der Waals surface area contributed by atoms with Crippen molar-refractivity contribution in [2.45, 2.75) is 16.2 Å². The number of rotatable bonds is 4. The van der Waals surface area contributed by atoms with Crippen LogP contribution in [0.1, 0.15) is 5.56 Å². The Morgan fingerprint density at radius 3 is 2.36 bits per heavy atom. The molecule has 0 saturated heterocycles. The van der Waals surface area contributed by atoms with E-state index in [0.717, 1.165) is 4.31 Å². The first-order valence-electron chi connectivity index (χ1n) is 7.48. The molecule has 0 bridgehead atoms. The summed E-state index contributed by atoms with van der Waals surface area (Å²) in [5.74, 6) is 0. The van der Waals surface area contributed by atoms with Crippen LogP contribution in [-0.4, -0.2) is 41.8 Å². The number of halogens is 1. The van der Waals surface area contributed by atoms with Crippen LogP contribution in [0.15, 0.2) is 52.3 Å². The van der Waals surface area contributed by atoms with E-state index in [1.165, 1.54) is 48.7 Å². The predicted molar refractivity (Wildman–Crippen MR) is 97.0 cm³/mol. The van der Waals surface area contributed by atoms with Crippen LogP contribution in [0.25, 0.3) is 0 Å². The highest BCUT2D eigenvalue weighted by Gasteiger charge is 2.33. The Kier molecular flexibility index (Phi) is 4.57. The van der Waals surface area contributed by atoms with Crippen molar-refractivity contribution in [1.29, 1.82) is 0 Å². The third-order valence-electron chi connectivity index (χ3n) is 4.09. The van der Waals surface area contributed by atoms with E-state index in [0.29, 0.717) is 17.7 Å². The third-order valence-corrected chi connectivity index (χ3v) is 8.21. The topological polar surface area (TPSA) is 74.8 Å². The van der Waals surface area contributed by atoms with Gasteiger partial charge < -0.3 is 0 Å². The summed E-state index contributed by atoms with van der Waals surface area (Å²) in [4.78, 5) is 0.183. The van der Waals surface area contributed by atoms with Crippen molar-refractivity contribution in [2.75, 3.05) is 24.9 Å². The van der Waals surface area contributed by atoms with Gasteiger partial charge in [0.1, 0.15) is 4.90 Å². The average Bonchev–Trinajstić information content (AvgIpc) is 2.98. The first kappa shape index (κ1) is 18.2. The van der Waals surface area contributed by atoms with Crippen LogP contribution in [0, 0.1) is 0 Å². The van der Waals surface area contributed by atoms with Crippen molar-refractivity contribution < 1.29 is 16.8 Å². The molecular formula is C16H17ClN2O4S2. The van der Waals surface area contributed by atoms with Gasteiger partial charge in [-0.25, -0.2) is 21.1 Å². The summed E-state index contributed by atoms with van der Waals surface area (Å²) in [6.45, 7) is 0.244. The molecule has 1 aliphatic rings. The van der Waals surface area contributed by atoms with E-state index in [1.807, 2.05) is 0 Å². The van der Waals surface area contributed by atoms with Gasteiger partial charge in [0.05, 0.1) is 15.6 Å². The summed E-state index contributed by atoms with van der Waals surface area (Å²) in [7, 11) is -4.46. The average molecular weight is 401 g/mol. The molecule has 9 heteroatoms. The van der Waals surface area contributed by atoms with Crippen LogP contribution in [-0.2, 0) is 26.5 Å². The maximum atomic E-state index is 12.9. The quantitative estimate of drug-likeness (QED) is 0.789. The number of sulfonamides is 2. The van der Waals surface area contributed by atoms with E-state index >= 15 is 0 Å². The van der Waals surface area contributed by atoms with E-state index < -0.39 is 20.0 Å². The van der Waals surface area contributed by atoms with Crippen LogP contribution >= 0.6 is 11.6 Å². The van der Waals surface area contributed by atoms with E-state index in [9.17, 15) is 16.8 Å². The van der Waals surface area contributed by atoms with Crippen molar-refractivity contribution in [1.82, 2.24) is 4.31 Å². The number of hydrogen-bond donors (Lipinski definition) is 0. The van der Waals surface area contributed by atoms with Gasteiger partial charge in [-0.15, -0.1) is 0 Å². The zero-order chi connectivity index (χ0) is 18.4. The summed E-state index contributed by atoms with van der Waals surface area (Å²) in [6.07, 6.45) is 0.440. The smallest absolute Gasteiger partial charge is 0.265 e. The molecule has 0 aromatic heterocycles. The second-order valence-electron chi connectivity index (χ2n) is 5.84. The normalized spacial score (nSPS) is 14.8. The summed E-state index contributed by atoms with van der Waals surface area (Å²) in [6, 6.07) is 10.8. The molecule has 0 saturated carbocycles. The highest BCUT2D eigenvalue weighted by Crippen LogP contribution is 2.36. The zero-order valence-electron chi connectivity index (χ0n) is 13.7. The predicted octanol–water partition coefficient (Wildman–Crippen LogP) is 2.34. The van der Waals surface area contributed by atoms with Gasteiger partial charge in [-0.05, 0) is 42.3 Å². The van der Waals surface area contributed by atoms with Crippen molar-refractivity contribution in [3.05, 3.63) is 53.1 Å². The maximum Gasteiger partial charge on any atom is 0.265 e. The second kappa shape index (κ2) is 6.28. The standard InChI is InChI=1S/C16H17ClN2O4S2/c1-18(2)24(20,21)13-7-8-15-12(11-13)9-10-19(15)25(22,23)16-6-4-3-5-14(16)17/h3-8,11H,9-10H2,1-2H3. The Labute approximate surface area is 152 Å². The van der Waals surface area contributed by atoms with Gasteiger partial charge in [0.2, 0.25) is 10.0 Å². The van der Waals surface area contributed by atoms with E-state index in [4.69, 9.17) is 11.6 Å². The number of nitrogens with zero attached hydrogens (tertiary/aromatic N) is 2. The van der Waals surface area contributed by atoms with Crippen molar-refractivity contribution >= 4 is 37.3 Å². The monoisotopic (exact) mass is 400 g/mol. The van der Waals surface area contributed by atoms with Gasteiger partial charge in [0, 0.05) is 20.6 Å². The first-order valence-corrected chi connectivity index (χ1v) is 10.7. The molecule has 134 valence electrons. The Morgan fingerprint density at radius 2 is 1.72 bits per heavy atom.